The lowest BCUT2D eigenvalue weighted by Gasteiger charge is -2.14. The minimum atomic E-state index is -0.604. The molecule has 0 saturated heterocycles. The number of aromatic nitrogens is 5. The standard InChI is InChI=1S/C24H28N6O3/c1-5-29-21-20(23(32)28-24(29)33)16(13-18(27-21)14(2)3)22(31)25-11-8-12-30-15(4)26-17-9-6-7-10-19(17)30/h6-7,9-10,13-14H,5,8,11-12H2,1-4H3,(H,25,31)(H,28,32,33). The number of benzene rings is 1. The molecule has 1 amide bonds. The Morgan fingerprint density at radius 1 is 1.15 bits per heavy atom. The quantitative estimate of drug-likeness (QED) is 0.422. The summed E-state index contributed by atoms with van der Waals surface area (Å²) < 4.78 is 3.51. The van der Waals surface area contributed by atoms with E-state index in [0.29, 0.717) is 31.7 Å². The number of fused-ring (bicyclic) bond motifs is 2. The number of nitrogens with zero attached hydrogens (tertiary/aromatic N) is 4. The van der Waals surface area contributed by atoms with Gasteiger partial charge in [-0.1, -0.05) is 26.0 Å². The monoisotopic (exact) mass is 448 g/mol. The smallest absolute Gasteiger partial charge is 0.329 e. The molecule has 1 aromatic carbocycles. The van der Waals surface area contributed by atoms with Gasteiger partial charge in [0.2, 0.25) is 0 Å². The molecule has 3 heterocycles. The van der Waals surface area contributed by atoms with E-state index in [1.165, 1.54) is 4.57 Å². The molecule has 4 aromatic rings. The summed E-state index contributed by atoms with van der Waals surface area (Å²) in [6.07, 6.45) is 0.697. The number of rotatable bonds is 7. The van der Waals surface area contributed by atoms with Crippen molar-refractivity contribution in [3.8, 4) is 0 Å². The Morgan fingerprint density at radius 2 is 1.91 bits per heavy atom. The number of hydrogen-bond acceptors (Lipinski definition) is 5. The summed E-state index contributed by atoms with van der Waals surface area (Å²) in [6.45, 7) is 9.14. The lowest BCUT2D eigenvalue weighted by atomic mass is 10.0. The molecule has 2 N–H and O–H groups in total. The molecule has 0 bridgehead atoms. The van der Waals surface area contributed by atoms with Crippen molar-refractivity contribution in [3.63, 3.8) is 0 Å². The minimum Gasteiger partial charge on any atom is -0.352 e. The highest BCUT2D eigenvalue weighted by atomic mass is 16.2. The van der Waals surface area contributed by atoms with Gasteiger partial charge in [0, 0.05) is 25.3 Å². The van der Waals surface area contributed by atoms with Crippen LogP contribution in [0.5, 0.6) is 0 Å². The summed E-state index contributed by atoms with van der Waals surface area (Å²) in [5.41, 5.74) is 2.00. The van der Waals surface area contributed by atoms with Gasteiger partial charge in [-0.15, -0.1) is 0 Å². The maximum Gasteiger partial charge on any atom is 0.329 e. The zero-order valence-electron chi connectivity index (χ0n) is 19.3. The largest absolute Gasteiger partial charge is 0.352 e. The van der Waals surface area contributed by atoms with Crippen molar-refractivity contribution < 1.29 is 4.79 Å². The summed E-state index contributed by atoms with van der Waals surface area (Å²) in [4.78, 5) is 49.4. The molecule has 0 unspecified atom stereocenters. The average molecular weight is 449 g/mol. The predicted octanol–water partition coefficient (Wildman–Crippen LogP) is 2.71. The van der Waals surface area contributed by atoms with E-state index in [2.05, 4.69) is 24.8 Å². The number of aryl methyl sites for hydroxylation is 3. The van der Waals surface area contributed by atoms with E-state index in [-0.39, 0.29) is 28.4 Å². The molecule has 0 aliphatic heterocycles. The van der Waals surface area contributed by atoms with Gasteiger partial charge in [0.15, 0.2) is 5.65 Å². The molecule has 0 aliphatic rings. The molecular formula is C24H28N6O3. The first kappa shape index (κ1) is 22.4. The van der Waals surface area contributed by atoms with Gasteiger partial charge in [0.1, 0.15) is 5.82 Å². The van der Waals surface area contributed by atoms with E-state index < -0.39 is 11.2 Å². The average Bonchev–Trinajstić information content (AvgIpc) is 3.10. The van der Waals surface area contributed by atoms with Crippen LogP contribution in [0.1, 0.15) is 55.0 Å². The van der Waals surface area contributed by atoms with Gasteiger partial charge in [0.05, 0.1) is 22.0 Å². The first-order chi connectivity index (χ1) is 15.8. The van der Waals surface area contributed by atoms with Crippen LogP contribution < -0.4 is 16.6 Å². The molecule has 0 saturated carbocycles. The van der Waals surface area contributed by atoms with Crippen molar-refractivity contribution in [1.29, 1.82) is 0 Å². The first-order valence-corrected chi connectivity index (χ1v) is 11.2. The van der Waals surface area contributed by atoms with Crippen molar-refractivity contribution in [2.24, 2.45) is 0 Å². The highest BCUT2D eigenvalue weighted by Gasteiger charge is 2.20. The topological polar surface area (TPSA) is 115 Å². The number of imidazole rings is 1. The maximum atomic E-state index is 13.1. The number of para-hydroxylation sites is 2. The summed E-state index contributed by atoms with van der Waals surface area (Å²) in [7, 11) is 0. The Labute approximate surface area is 190 Å². The first-order valence-electron chi connectivity index (χ1n) is 11.2. The minimum absolute atomic E-state index is 0.0261. The van der Waals surface area contributed by atoms with Crippen LogP contribution in [0.3, 0.4) is 0 Å². The van der Waals surface area contributed by atoms with E-state index in [1.807, 2.05) is 45.0 Å². The summed E-state index contributed by atoms with van der Waals surface area (Å²) in [5.74, 6) is 0.592. The van der Waals surface area contributed by atoms with Crippen LogP contribution in [0.4, 0.5) is 0 Å². The Bertz CT molecular complexity index is 1460. The Balaban J connectivity index is 1.59. The number of aromatic amines is 1. The van der Waals surface area contributed by atoms with Crippen molar-refractivity contribution in [3.05, 3.63) is 68.3 Å². The van der Waals surface area contributed by atoms with E-state index in [4.69, 9.17) is 0 Å². The van der Waals surface area contributed by atoms with Crippen LogP contribution in [0.25, 0.3) is 22.1 Å². The highest BCUT2D eigenvalue weighted by Crippen LogP contribution is 2.20. The SMILES string of the molecule is CCn1c(=O)[nH]c(=O)c2c(C(=O)NCCCn3c(C)nc4ccccc43)cc(C(C)C)nc21. The zero-order chi connectivity index (χ0) is 23.7. The molecule has 33 heavy (non-hydrogen) atoms. The van der Waals surface area contributed by atoms with Crippen molar-refractivity contribution in [1.82, 2.24) is 29.4 Å². The van der Waals surface area contributed by atoms with Gasteiger partial charge < -0.3 is 9.88 Å². The highest BCUT2D eigenvalue weighted by molar-refractivity contribution is 6.05. The van der Waals surface area contributed by atoms with Crippen LogP contribution in [0.15, 0.2) is 39.9 Å². The van der Waals surface area contributed by atoms with Crippen LogP contribution in [0.2, 0.25) is 0 Å². The Morgan fingerprint density at radius 3 is 2.64 bits per heavy atom. The van der Waals surface area contributed by atoms with E-state index in [0.717, 1.165) is 16.9 Å². The fourth-order valence-corrected chi connectivity index (χ4v) is 4.07. The molecule has 4 rings (SSSR count). The van der Waals surface area contributed by atoms with Gasteiger partial charge in [-0.05, 0) is 44.4 Å². The third-order valence-electron chi connectivity index (χ3n) is 5.81. The number of amides is 1. The summed E-state index contributed by atoms with van der Waals surface area (Å²) in [5, 5.41) is 3.06. The molecule has 0 atom stereocenters. The lowest BCUT2D eigenvalue weighted by Crippen LogP contribution is -2.33. The normalized spacial score (nSPS) is 11.5. The van der Waals surface area contributed by atoms with E-state index >= 15 is 0 Å². The van der Waals surface area contributed by atoms with Gasteiger partial charge in [-0.3, -0.25) is 19.1 Å². The molecule has 3 aromatic heterocycles. The molecule has 0 radical (unpaired) electrons. The molecule has 0 fully saturated rings. The number of H-pyrrole nitrogens is 1. The zero-order valence-corrected chi connectivity index (χ0v) is 19.3. The van der Waals surface area contributed by atoms with Crippen LogP contribution in [0, 0.1) is 6.92 Å². The maximum absolute atomic E-state index is 13.1. The molecule has 0 spiro atoms. The van der Waals surface area contributed by atoms with Gasteiger partial charge in [0.25, 0.3) is 11.5 Å². The second-order valence-corrected chi connectivity index (χ2v) is 8.36. The lowest BCUT2D eigenvalue weighted by molar-refractivity contribution is 0.0954. The fourth-order valence-electron chi connectivity index (χ4n) is 4.07. The molecule has 172 valence electrons. The van der Waals surface area contributed by atoms with E-state index in [1.54, 1.807) is 13.0 Å². The predicted molar refractivity (Wildman–Crippen MR) is 128 cm³/mol. The van der Waals surface area contributed by atoms with Crippen molar-refractivity contribution >= 4 is 28.0 Å². The third-order valence-corrected chi connectivity index (χ3v) is 5.81. The molecular weight excluding hydrogens is 420 g/mol. The fraction of sp³-hybridized carbons (Fsp3) is 0.375. The Hall–Kier alpha value is -3.75. The van der Waals surface area contributed by atoms with E-state index in [9.17, 15) is 14.4 Å². The number of pyridine rings is 1. The summed E-state index contributed by atoms with van der Waals surface area (Å²) >= 11 is 0. The molecule has 0 aliphatic carbocycles. The molecule has 9 heteroatoms. The van der Waals surface area contributed by atoms with Crippen LogP contribution in [-0.2, 0) is 13.1 Å². The second-order valence-electron chi connectivity index (χ2n) is 8.36. The van der Waals surface area contributed by atoms with Crippen LogP contribution in [-0.4, -0.2) is 36.5 Å². The molecule has 9 nitrogen and oxygen atoms in total. The number of carbonyl (C=O) groups is 1. The van der Waals surface area contributed by atoms with Gasteiger partial charge in [-0.25, -0.2) is 14.8 Å². The van der Waals surface area contributed by atoms with Gasteiger partial charge in [-0.2, -0.15) is 0 Å². The number of nitrogens with one attached hydrogen (secondary N) is 2. The second kappa shape index (κ2) is 9.01. The third kappa shape index (κ3) is 4.18. The van der Waals surface area contributed by atoms with Crippen LogP contribution >= 0.6 is 0 Å². The van der Waals surface area contributed by atoms with Crippen molar-refractivity contribution in [2.45, 2.75) is 53.1 Å². The number of hydrogen-bond donors (Lipinski definition) is 2. The summed E-state index contributed by atoms with van der Waals surface area (Å²) in [6, 6.07) is 9.61. The van der Waals surface area contributed by atoms with Crippen molar-refractivity contribution in [2.75, 3.05) is 6.54 Å². The van der Waals surface area contributed by atoms with Gasteiger partial charge >= 0.3 is 5.69 Å². The Kier molecular flexibility index (Phi) is 6.13. The number of carbonyl (C=O) groups excluding carboxylic acids is 1.